The quantitative estimate of drug-likeness (QED) is 0.513. The number of nitrogens with zero attached hydrogens (tertiary/aromatic N) is 4. The first kappa shape index (κ1) is 18.9. The summed E-state index contributed by atoms with van der Waals surface area (Å²) in [6, 6.07) is 7.39. The molecule has 0 unspecified atom stereocenters. The average Bonchev–Trinajstić information content (AvgIpc) is 3.47. The molecule has 1 N–H and O–H groups in total. The Morgan fingerprint density at radius 1 is 1.31 bits per heavy atom. The van der Waals surface area contributed by atoms with Crippen molar-refractivity contribution in [2.24, 2.45) is 0 Å². The first-order valence-corrected chi connectivity index (χ1v) is 9.69. The fraction of sp³-hybridized carbons (Fsp3) is 0.333. The van der Waals surface area contributed by atoms with Crippen molar-refractivity contribution in [2.45, 2.75) is 46.2 Å². The Hall–Kier alpha value is -3.42. The maximum absolute atomic E-state index is 13.1. The lowest BCUT2D eigenvalue weighted by Crippen LogP contribution is -2.33. The van der Waals surface area contributed by atoms with Crippen LogP contribution >= 0.6 is 0 Å². The van der Waals surface area contributed by atoms with E-state index in [-0.39, 0.29) is 11.9 Å². The predicted molar refractivity (Wildman–Crippen MR) is 107 cm³/mol. The monoisotopic (exact) mass is 393 g/mol. The van der Waals surface area contributed by atoms with Crippen molar-refractivity contribution in [3.63, 3.8) is 0 Å². The molecule has 0 aliphatic rings. The molecular weight excluding hydrogens is 370 g/mol. The van der Waals surface area contributed by atoms with Gasteiger partial charge in [-0.3, -0.25) is 9.48 Å². The average molecular weight is 393 g/mol. The van der Waals surface area contributed by atoms with Crippen molar-refractivity contribution in [1.82, 2.24) is 25.2 Å². The Morgan fingerprint density at radius 2 is 2.17 bits per heavy atom. The summed E-state index contributed by atoms with van der Waals surface area (Å²) in [6.45, 7) is 6.54. The zero-order chi connectivity index (χ0) is 20.4. The molecular formula is C21H23N5O3. The van der Waals surface area contributed by atoms with Gasteiger partial charge in [0.25, 0.3) is 11.6 Å². The van der Waals surface area contributed by atoms with Gasteiger partial charge < -0.3 is 14.3 Å². The van der Waals surface area contributed by atoms with E-state index in [4.69, 9.17) is 8.94 Å². The molecule has 4 aromatic rings. The Balaban J connectivity index is 1.60. The lowest BCUT2D eigenvalue weighted by molar-refractivity contribution is 0.0939. The molecule has 150 valence electrons. The van der Waals surface area contributed by atoms with E-state index >= 15 is 0 Å². The first-order chi connectivity index (χ1) is 14.0. The maximum Gasteiger partial charge on any atom is 0.259 e. The van der Waals surface area contributed by atoms with Crippen LogP contribution in [0.25, 0.3) is 22.5 Å². The molecule has 0 spiro atoms. The molecule has 29 heavy (non-hydrogen) atoms. The van der Waals surface area contributed by atoms with Gasteiger partial charge >= 0.3 is 0 Å². The van der Waals surface area contributed by atoms with Crippen LogP contribution in [0.2, 0.25) is 0 Å². The Bertz CT molecular complexity index is 1130. The highest BCUT2D eigenvalue weighted by Gasteiger charge is 2.21. The van der Waals surface area contributed by atoms with Gasteiger partial charge in [-0.1, -0.05) is 5.16 Å². The second-order valence-corrected chi connectivity index (χ2v) is 7.05. The number of rotatable bonds is 7. The molecule has 0 radical (unpaired) electrons. The van der Waals surface area contributed by atoms with E-state index in [9.17, 15) is 4.79 Å². The number of nitrogens with one attached hydrogen (secondary N) is 1. The third-order valence-electron chi connectivity index (χ3n) is 4.87. The molecule has 4 heterocycles. The van der Waals surface area contributed by atoms with Crippen LogP contribution in [0.4, 0.5) is 0 Å². The first-order valence-electron chi connectivity index (χ1n) is 9.69. The van der Waals surface area contributed by atoms with Gasteiger partial charge in [-0.05, 0) is 51.5 Å². The molecule has 8 heteroatoms. The van der Waals surface area contributed by atoms with Gasteiger partial charge in [-0.25, -0.2) is 4.98 Å². The molecule has 1 amide bonds. The lowest BCUT2D eigenvalue weighted by atomic mass is 10.1. The molecule has 0 aromatic carbocycles. The highest BCUT2D eigenvalue weighted by atomic mass is 16.5. The molecule has 0 aliphatic carbocycles. The van der Waals surface area contributed by atoms with Crippen molar-refractivity contribution in [3.05, 3.63) is 53.7 Å². The number of pyridine rings is 1. The number of amides is 1. The van der Waals surface area contributed by atoms with Gasteiger partial charge in [0.2, 0.25) is 0 Å². The van der Waals surface area contributed by atoms with E-state index < -0.39 is 0 Å². The molecule has 0 saturated heterocycles. The van der Waals surface area contributed by atoms with E-state index in [1.807, 2.05) is 42.9 Å². The summed E-state index contributed by atoms with van der Waals surface area (Å²) in [5, 5.41) is 12.2. The molecule has 4 rings (SSSR count). The third-order valence-corrected chi connectivity index (χ3v) is 4.87. The molecule has 0 bridgehead atoms. The number of carbonyl (C=O) groups is 1. The van der Waals surface area contributed by atoms with E-state index in [1.165, 1.54) is 0 Å². The van der Waals surface area contributed by atoms with Gasteiger partial charge in [0, 0.05) is 25.2 Å². The van der Waals surface area contributed by atoms with Gasteiger partial charge in [-0.2, -0.15) is 5.10 Å². The summed E-state index contributed by atoms with van der Waals surface area (Å²) in [5.74, 6) is 0.716. The summed E-state index contributed by atoms with van der Waals surface area (Å²) < 4.78 is 12.5. The van der Waals surface area contributed by atoms with Crippen molar-refractivity contribution in [1.29, 1.82) is 0 Å². The lowest BCUT2D eigenvalue weighted by Gasteiger charge is -2.14. The van der Waals surface area contributed by atoms with Crippen LogP contribution in [0.1, 0.15) is 42.1 Å². The number of hydrogen-bond acceptors (Lipinski definition) is 6. The Morgan fingerprint density at radius 3 is 2.90 bits per heavy atom. The predicted octanol–water partition coefficient (Wildman–Crippen LogP) is 3.76. The van der Waals surface area contributed by atoms with E-state index in [0.29, 0.717) is 33.7 Å². The third kappa shape index (κ3) is 3.91. The molecule has 0 aliphatic heterocycles. The van der Waals surface area contributed by atoms with E-state index in [2.05, 4.69) is 20.6 Å². The van der Waals surface area contributed by atoms with Crippen LogP contribution in [0.5, 0.6) is 0 Å². The summed E-state index contributed by atoms with van der Waals surface area (Å²) in [6.07, 6.45) is 5.06. The summed E-state index contributed by atoms with van der Waals surface area (Å²) >= 11 is 0. The van der Waals surface area contributed by atoms with E-state index in [0.717, 1.165) is 25.1 Å². The van der Waals surface area contributed by atoms with Crippen LogP contribution in [-0.4, -0.2) is 31.9 Å². The zero-order valence-corrected chi connectivity index (χ0v) is 16.7. The van der Waals surface area contributed by atoms with Crippen LogP contribution in [0.15, 0.2) is 45.7 Å². The Kier molecular flexibility index (Phi) is 5.16. The largest absolute Gasteiger partial charge is 0.469 e. The topological polar surface area (TPSA) is 99.0 Å². The Labute approximate surface area is 167 Å². The summed E-state index contributed by atoms with van der Waals surface area (Å²) in [7, 11) is 0. The number of hydrogen-bond donors (Lipinski definition) is 1. The number of furan rings is 1. The second-order valence-electron chi connectivity index (χ2n) is 7.05. The van der Waals surface area contributed by atoms with Gasteiger partial charge in [-0.15, -0.1) is 0 Å². The summed E-state index contributed by atoms with van der Waals surface area (Å²) in [4.78, 5) is 17.6. The van der Waals surface area contributed by atoms with Crippen molar-refractivity contribution in [3.8, 4) is 11.4 Å². The van der Waals surface area contributed by atoms with Gasteiger partial charge in [0.15, 0.2) is 0 Å². The molecule has 0 fully saturated rings. The van der Waals surface area contributed by atoms with Crippen LogP contribution in [-0.2, 0) is 13.0 Å². The fourth-order valence-electron chi connectivity index (χ4n) is 3.27. The fourth-order valence-corrected chi connectivity index (χ4v) is 3.27. The number of carbonyl (C=O) groups excluding carboxylic acids is 1. The second kappa shape index (κ2) is 7.90. The molecule has 1 atom stereocenters. The highest BCUT2D eigenvalue weighted by Crippen LogP contribution is 2.26. The van der Waals surface area contributed by atoms with Gasteiger partial charge in [0.1, 0.15) is 11.5 Å². The van der Waals surface area contributed by atoms with E-state index in [1.54, 1.807) is 19.3 Å². The van der Waals surface area contributed by atoms with Crippen LogP contribution in [0, 0.1) is 6.92 Å². The van der Waals surface area contributed by atoms with Crippen LogP contribution in [0.3, 0.4) is 0 Å². The summed E-state index contributed by atoms with van der Waals surface area (Å²) in [5.41, 5.74) is 2.71. The SMILES string of the molecule is CCn1ccc(-c2cc(C(=O)N[C@@H](C)CCc3ccco3)c3c(C)noc3n2)n1. The number of fused-ring (bicyclic) bond motifs is 1. The normalized spacial score (nSPS) is 12.4. The van der Waals surface area contributed by atoms with Crippen molar-refractivity contribution >= 4 is 17.0 Å². The minimum Gasteiger partial charge on any atom is -0.469 e. The smallest absolute Gasteiger partial charge is 0.259 e. The van der Waals surface area contributed by atoms with Crippen molar-refractivity contribution in [2.75, 3.05) is 0 Å². The molecule has 0 saturated carbocycles. The number of aryl methyl sites for hydroxylation is 3. The molecule has 4 aromatic heterocycles. The number of aromatic nitrogens is 4. The standard InChI is InChI=1S/C21H23N5O3/c1-4-26-10-9-17(24-26)18-12-16(19-14(3)25-29-21(19)23-18)20(27)22-13(2)7-8-15-6-5-11-28-15/h5-6,9-13H,4,7-8H2,1-3H3,(H,22,27)/t13-/m0/s1. The highest BCUT2D eigenvalue weighted by molar-refractivity contribution is 6.07. The maximum atomic E-state index is 13.1. The zero-order valence-electron chi connectivity index (χ0n) is 16.7. The minimum atomic E-state index is -0.188. The van der Waals surface area contributed by atoms with Crippen molar-refractivity contribution < 1.29 is 13.7 Å². The molecule has 8 nitrogen and oxygen atoms in total. The minimum absolute atomic E-state index is 0.0290. The van der Waals surface area contributed by atoms with Crippen LogP contribution < -0.4 is 5.32 Å². The van der Waals surface area contributed by atoms with Gasteiger partial charge in [0.05, 0.1) is 28.6 Å².